The molecule has 0 radical (unpaired) electrons. The summed E-state index contributed by atoms with van der Waals surface area (Å²) in [4.78, 5) is 6.11. The van der Waals surface area contributed by atoms with Crippen LogP contribution >= 0.6 is 0 Å². The predicted molar refractivity (Wildman–Crippen MR) is 80.8 cm³/mol. The van der Waals surface area contributed by atoms with Gasteiger partial charge in [0.05, 0.1) is 23.9 Å². The van der Waals surface area contributed by atoms with Crippen molar-refractivity contribution in [2.75, 3.05) is 30.4 Å². The maximum atomic E-state index is 14.2. The van der Waals surface area contributed by atoms with Crippen LogP contribution in [0.4, 0.5) is 15.9 Å². The molecule has 1 heterocycles. The number of aromatic nitrogens is 1. The second kappa shape index (κ2) is 6.05. The zero-order chi connectivity index (χ0) is 14.7. The van der Waals surface area contributed by atoms with Gasteiger partial charge >= 0.3 is 0 Å². The van der Waals surface area contributed by atoms with Crippen molar-refractivity contribution in [2.24, 2.45) is 0 Å². The van der Waals surface area contributed by atoms with Crippen LogP contribution in [0.3, 0.4) is 0 Å². The van der Waals surface area contributed by atoms with Crippen LogP contribution in [0, 0.1) is 5.82 Å². The van der Waals surface area contributed by atoms with E-state index in [-0.39, 0.29) is 18.5 Å². The topological polar surface area (TPSA) is 48.4 Å². The Labute approximate surface area is 118 Å². The number of anilines is 2. The van der Waals surface area contributed by atoms with E-state index >= 15 is 0 Å². The predicted octanol–water partition coefficient (Wildman–Crippen LogP) is 2.62. The molecule has 0 aliphatic carbocycles. The van der Waals surface area contributed by atoms with Crippen LogP contribution in [0.5, 0.6) is 0 Å². The highest BCUT2D eigenvalue weighted by Gasteiger charge is 2.14. The van der Waals surface area contributed by atoms with E-state index in [4.69, 9.17) is 5.11 Å². The minimum absolute atomic E-state index is 0.000120. The number of rotatable bonds is 5. The van der Waals surface area contributed by atoms with E-state index in [2.05, 4.69) is 10.3 Å². The van der Waals surface area contributed by atoms with Crippen molar-refractivity contribution in [3.05, 3.63) is 30.2 Å². The summed E-state index contributed by atoms with van der Waals surface area (Å²) in [5, 5.41) is 13.6. The van der Waals surface area contributed by atoms with Crippen molar-refractivity contribution >= 4 is 22.3 Å². The molecule has 1 aromatic carbocycles. The molecule has 0 atom stereocenters. The van der Waals surface area contributed by atoms with Gasteiger partial charge in [-0.15, -0.1) is 0 Å². The summed E-state index contributed by atoms with van der Waals surface area (Å²) < 4.78 is 14.2. The SMILES string of the molecule is CC(C)Nc1cnc(N(C)CCO)c2c(F)cccc12. The van der Waals surface area contributed by atoms with Crippen molar-refractivity contribution in [1.82, 2.24) is 4.98 Å². The molecule has 0 saturated carbocycles. The third-order valence-corrected chi connectivity index (χ3v) is 3.08. The molecule has 0 fully saturated rings. The number of aliphatic hydroxyl groups is 1. The van der Waals surface area contributed by atoms with Crippen molar-refractivity contribution in [2.45, 2.75) is 19.9 Å². The molecule has 0 amide bonds. The highest BCUT2D eigenvalue weighted by atomic mass is 19.1. The van der Waals surface area contributed by atoms with Gasteiger partial charge in [-0.2, -0.15) is 0 Å². The fourth-order valence-electron chi connectivity index (χ4n) is 2.21. The van der Waals surface area contributed by atoms with Gasteiger partial charge in [0.15, 0.2) is 0 Å². The smallest absolute Gasteiger partial charge is 0.139 e. The largest absolute Gasteiger partial charge is 0.395 e. The lowest BCUT2D eigenvalue weighted by atomic mass is 10.1. The van der Waals surface area contributed by atoms with E-state index in [1.807, 2.05) is 19.9 Å². The van der Waals surface area contributed by atoms with E-state index in [0.29, 0.717) is 17.7 Å². The Morgan fingerprint density at radius 3 is 2.80 bits per heavy atom. The Balaban J connectivity index is 2.61. The third kappa shape index (κ3) is 2.82. The molecule has 2 rings (SSSR count). The van der Waals surface area contributed by atoms with Gasteiger partial charge in [-0.25, -0.2) is 9.37 Å². The van der Waals surface area contributed by atoms with Crippen LogP contribution in [0.25, 0.3) is 10.8 Å². The highest BCUT2D eigenvalue weighted by Crippen LogP contribution is 2.32. The highest BCUT2D eigenvalue weighted by molar-refractivity contribution is 6.00. The van der Waals surface area contributed by atoms with E-state index in [1.54, 1.807) is 24.2 Å². The molecule has 0 saturated heterocycles. The Kier molecular flexibility index (Phi) is 4.39. The van der Waals surface area contributed by atoms with Crippen LogP contribution in [-0.4, -0.2) is 36.3 Å². The average molecular weight is 277 g/mol. The molecule has 0 aliphatic heterocycles. The van der Waals surface area contributed by atoms with Crippen LogP contribution in [0.15, 0.2) is 24.4 Å². The van der Waals surface area contributed by atoms with Gasteiger partial charge < -0.3 is 15.3 Å². The van der Waals surface area contributed by atoms with Crippen molar-refractivity contribution in [3.63, 3.8) is 0 Å². The first kappa shape index (κ1) is 14.5. The van der Waals surface area contributed by atoms with Gasteiger partial charge in [0.1, 0.15) is 11.6 Å². The maximum Gasteiger partial charge on any atom is 0.139 e. The number of benzene rings is 1. The van der Waals surface area contributed by atoms with Crippen LogP contribution in [0.1, 0.15) is 13.8 Å². The molecular formula is C15H20FN3O. The van der Waals surface area contributed by atoms with Crippen LogP contribution < -0.4 is 10.2 Å². The first-order valence-electron chi connectivity index (χ1n) is 6.70. The second-order valence-corrected chi connectivity index (χ2v) is 5.10. The average Bonchev–Trinajstić information content (AvgIpc) is 2.39. The van der Waals surface area contributed by atoms with Gasteiger partial charge in [0.25, 0.3) is 0 Å². The molecule has 20 heavy (non-hydrogen) atoms. The minimum Gasteiger partial charge on any atom is -0.395 e. The number of likely N-dealkylation sites (N-methyl/N-ethyl adjacent to an activating group) is 1. The summed E-state index contributed by atoms with van der Waals surface area (Å²) in [5.74, 6) is 0.239. The second-order valence-electron chi connectivity index (χ2n) is 5.10. The van der Waals surface area contributed by atoms with Crippen molar-refractivity contribution in [1.29, 1.82) is 0 Å². The van der Waals surface area contributed by atoms with Crippen molar-refractivity contribution < 1.29 is 9.50 Å². The zero-order valence-electron chi connectivity index (χ0n) is 12.0. The van der Waals surface area contributed by atoms with E-state index < -0.39 is 0 Å². The molecule has 2 aromatic rings. The Morgan fingerprint density at radius 2 is 2.15 bits per heavy atom. The van der Waals surface area contributed by atoms with Gasteiger partial charge in [0, 0.05) is 25.0 Å². The maximum absolute atomic E-state index is 14.2. The fraction of sp³-hybridized carbons (Fsp3) is 0.400. The molecule has 0 aliphatic rings. The number of hydrogen-bond donors (Lipinski definition) is 2. The summed E-state index contributed by atoms with van der Waals surface area (Å²) in [6.07, 6.45) is 1.71. The zero-order valence-corrected chi connectivity index (χ0v) is 12.0. The van der Waals surface area contributed by atoms with Gasteiger partial charge in [-0.3, -0.25) is 0 Å². The first-order chi connectivity index (χ1) is 9.54. The monoisotopic (exact) mass is 277 g/mol. The standard InChI is InChI=1S/C15H20FN3O/c1-10(2)18-13-9-17-15(19(3)7-8-20)14-11(13)5-4-6-12(14)16/h4-6,9-10,18,20H,7-8H2,1-3H3. The molecule has 0 bridgehead atoms. The van der Waals surface area contributed by atoms with Gasteiger partial charge in [-0.05, 0) is 19.9 Å². The van der Waals surface area contributed by atoms with Crippen LogP contribution in [0.2, 0.25) is 0 Å². The lowest BCUT2D eigenvalue weighted by Gasteiger charge is -2.21. The molecular weight excluding hydrogens is 257 g/mol. The Bertz CT molecular complexity index is 601. The fourth-order valence-corrected chi connectivity index (χ4v) is 2.21. The number of halogens is 1. The van der Waals surface area contributed by atoms with Gasteiger partial charge in [-0.1, -0.05) is 12.1 Å². The van der Waals surface area contributed by atoms with E-state index in [0.717, 1.165) is 11.1 Å². The number of aliphatic hydroxyl groups excluding tert-OH is 1. The summed E-state index contributed by atoms with van der Waals surface area (Å²) in [5.41, 5.74) is 0.815. The number of nitrogens with zero attached hydrogens (tertiary/aromatic N) is 2. The molecule has 2 N–H and O–H groups in total. The number of nitrogens with one attached hydrogen (secondary N) is 1. The molecule has 0 unspecified atom stereocenters. The Morgan fingerprint density at radius 1 is 1.40 bits per heavy atom. The lowest BCUT2D eigenvalue weighted by molar-refractivity contribution is 0.304. The Hall–Kier alpha value is -1.88. The quantitative estimate of drug-likeness (QED) is 0.882. The molecule has 4 nitrogen and oxygen atoms in total. The normalized spacial score (nSPS) is 11.1. The molecule has 108 valence electrons. The first-order valence-corrected chi connectivity index (χ1v) is 6.70. The summed E-state index contributed by atoms with van der Waals surface area (Å²) in [6, 6.07) is 5.24. The van der Waals surface area contributed by atoms with Crippen LogP contribution in [-0.2, 0) is 0 Å². The third-order valence-electron chi connectivity index (χ3n) is 3.08. The number of hydrogen-bond acceptors (Lipinski definition) is 4. The number of pyridine rings is 1. The number of fused-ring (bicyclic) bond motifs is 1. The molecule has 5 heteroatoms. The summed E-state index contributed by atoms with van der Waals surface area (Å²) in [6.45, 7) is 4.46. The summed E-state index contributed by atoms with van der Waals surface area (Å²) in [7, 11) is 1.79. The van der Waals surface area contributed by atoms with E-state index in [9.17, 15) is 4.39 Å². The minimum atomic E-state index is -0.304. The van der Waals surface area contributed by atoms with Crippen molar-refractivity contribution in [3.8, 4) is 0 Å². The van der Waals surface area contributed by atoms with E-state index in [1.165, 1.54) is 6.07 Å². The lowest BCUT2D eigenvalue weighted by Crippen LogP contribution is -2.23. The molecule has 0 spiro atoms. The summed E-state index contributed by atoms with van der Waals surface area (Å²) >= 11 is 0. The van der Waals surface area contributed by atoms with Gasteiger partial charge in [0.2, 0.25) is 0 Å². The molecule has 1 aromatic heterocycles.